The van der Waals surface area contributed by atoms with Gasteiger partial charge in [0.1, 0.15) is 0 Å². The third-order valence-corrected chi connectivity index (χ3v) is 5.78. The van der Waals surface area contributed by atoms with Crippen LogP contribution in [0.15, 0.2) is 42.5 Å². The van der Waals surface area contributed by atoms with Crippen LogP contribution >= 0.6 is 0 Å². The van der Waals surface area contributed by atoms with Crippen molar-refractivity contribution in [3.05, 3.63) is 64.8 Å². The van der Waals surface area contributed by atoms with Crippen molar-refractivity contribution in [1.29, 1.82) is 0 Å². The summed E-state index contributed by atoms with van der Waals surface area (Å²) in [5, 5.41) is 3.39. The number of fused-ring (bicyclic) bond motifs is 1. The van der Waals surface area contributed by atoms with Crippen molar-refractivity contribution in [2.75, 3.05) is 36.5 Å². The van der Waals surface area contributed by atoms with Gasteiger partial charge in [-0.2, -0.15) is 13.2 Å². The van der Waals surface area contributed by atoms with Gasteiger partial charge in [-0.1, -0.05) is 18.2 Å². The van der Waals surface area contributed by atoms with E-state index in [9.17, 15) is 18.0 Å². The molecule has 1 aliphatic rings. The molecule has 0 atom stereocenters. The number of ether oxygens (including phenoxy) is 1. The number of nitrogens with one attached hydrogen (secondary N) is 1. The molecule has 1 fully saturated rings. The van der Waals surface area contributed by atoms with E-state index in [0.717, 1.165) is 28.1 Å². The van der Waals surface area contributed by atoms with E-state index in [4.69, 9.17) is 4.74 Å². The predicted octanol–water partition coefficient (Wildman–Crippen LogP) is 4.89. The quantitative estimate of drug-likeness (QED) is 0.624. The molecule has 0 radical (unpaired) electrons. The molecule has 1 aromatic heterocycles. The normalized spacial score (nSPS) is 14.6. The number of carbonyl (C=O) groups excluding carboxylic acids is 1. The number of benzene rings is 2. The van der Waals surface area contributed by atoms with Crippen molar-refractivity contribution in [2.45, 2.75) is 26.4 Å². The highest BCUT2D eigenvalue weighted by atomic mass is 19.4. The van der Waals surface area contributed by atoms with Gasteiger partial charge in [0.2, 0.25) is 5.91 Å². The lowest BCUT2D eigenvalue weighted by Crippen LogP contribution is -2.36. The van der Waals surface area contributed by atoms with Crippen molar-refractivity contribution in [3.8, 4) is 0 Å². The Bertz CT molecular complexity index is 1160. The van der Waals surface area contributed by atoms with Gasteiger partial charge in [-0.05, 0) is 49.2 Å². The molecule has 0 aliphatic carbocycles. The van der Waals surface area contributed by atoms with Crippen LogP contribution in [0, 0.1) is 13.8 Å². The Hall–Kier alpha value is -3.13. The molecule has 3 aromatic rings. The lowest BCUT2D eigenvalue weighted by molar-refractivity contribution is -0.136. The predicted molar refractivity (Wildman–Crippen MR) is 118 cm³/mol. The van der Waals surface area contributed by atoms with Crippen LogP contribution in [0.3, 0.4) is 0 Å². The van der Waals surface area contributed by atoms with Crippen molar-refractivity contribution in [1.82, 2.24) is 4.98 Å². The van der Waals surface area contributed by atoms with Crippen molar-refractivity contribution < 1.29 is 22.7 Å². The number of aryl methyl sites for hydroxylation is 2. The number of anilines is 2. The molecule has 168 valence electrons. The Morgan fingerprint density at radius 1 is 1.12 bits per heavy atom. The third kappa shape index (κ3) is 4.55. The first-order valence-corrected chi connectivity index (χ1v) is 10.4. The number of para-hydroxylation sites is 1. The maximum atomic E-state index is 13.8. The molecule has 2 heterocycles. The van der Waals surface area contributed by atoms with E-state index in [1.165, 1.54) is 6.07 Å². The molecule has 2 aromatic carbocycles. The molecule has 0 saturated carbocycles. The molecule has 8 heteroatoms. The zero-order valence-electron chi connectivity index (χ0n) is 17.9. The Kier molecular flexibility index (Phi) is 6.06. The van der Waals surface area contributed by atoms with Crippen molar-refractivity contribution >= 4 is 28.2 Å². The topological polar surface area (TPSA) is 54.5 Å². The summed E-state index contributed by atoms with van der Waals surface area (Å²) in [5.74, 6) is -0.516. The van der Waals surface area contributed by atoms with Gasteiger partial charge in [-0.25, -0.2) is 0 Å². The number of hydrogen-bond acceptors (Lipinski definition) is 4. The molecule has 5 nitrogen and oxygen atoms in total. The van der Waals surface area contributed by atoms with Crippen LogP contribution in [-0.2, 0) is 22.1 Å². The molecular weight excluding hydrogens is 419 g/mol. The second kappa shape index (κ2) is 8.78. The zero-order chi connectivity index (χ0) is 22.9. The molecular formula is C24H24F3N3O2. The SMILES string of the molecule is Cc1nc2ccccc2c(C)c1CC(=O)Nc1ccc(N2CCOCC2)cc1C(F)(F)F. The Balaban J connectivity index is 1.60. The summed E-state index contributed by atoms with van der Waals surface area (Å²) in [5.41, 5.74) is 2.49. The summed E-state index contributed by atoms with van der Waals surface area (Å²) in [7, 11) is 0. The van der Waals surface area contributed by atoms with Crippen LogP contribution in [0.25, 0.3) is 10.9 Å². The maximum absolute atomic E-state index is 13.8. The molecule has 0 bridgehead atoms. The highest BCUT2D eigenvalue weighted by molar-refractivity contribution is 5.95. The molecule has 0 unspecified atom stereocenters. The van der Waals surface area contributed by atoms with E-state index < -0.39 is 17.6 Å². The minimum absolute atomic E-state index is 0.0575. The first-order chi connectivity index (χ1) is 15.2. The fraction of sp³-hybridized carbons (Fsp3) is 0.333. The Morgan fingerprint density at radius 2 is 1.84 bits per heavy atom. The molecule has 1 N–H and O–H groups in total. The number of pyridine rings is 1. The summed E-state index contributed by atoms with van der Waals surface area (Å²) in [4.78, 5) is 19.1. The van der Waals surface area contributed by atoms with Crippen molar-refractivity contribution in [2.24, 2.45) is 0 Å². The summed E-state index contributed by atoms with van der Waals surface area (Å²) in [6.07, 6.45) is -4.65. The highest BCUT2D eigenvalue weighted by Crippen LogP contribution is 2.37. The van der Waals surface area contributed by atoms with E-state index in [1.54, 1.807) is 13.0 Å². The van der Waals surface area contributed by atoms with Gasteiger partial charge in [0.25, 0.3) is 0 Å². The molecule has 4 rings (SSSR count). The van der Waals surface area contributed by atoms with E-state index in [2.05, 4.69) is 10.3 Å². The smallest absolute Gasteiger partial charge is 0.378 e. The second-order valence-electron chi connectivity index (χ2n) is 7.87. The first kappa shape index (κ1) is 22.1. The van der Waals surface area contributed by atoms with Crippen LogP contribution in [0.2, 0.25) is 0 Å². The van der Waals surface area contributed by atoms with Crippen LogP contribution in [-0.4, -0.2) is 37.2 Å². The summed E-state index contributed by atoms with van der Waals surface area (Å²) in [6, 6.07) is 11.6. The van der Waals surface area contributed by atoms with Gasteiger partial charge >= 0.3 is 6.18 Å². The average molecular weight is 443 g/mol. The van der Waals surface area contributed by atoms with Crippen LogP contribution < -0.4 is 10.2 Å². The number of aromatic nitrogens is 1. The van der Waals surface area contributed by atoms with Crippen molar-refractivity contribution in [3.63, 3.8) is 0 Å². The molecule has 0 spiro atoms. The number of amides is 1. The number of alkyl halides is 3. The van der Waals surface area contributed by atoms with Crippen LogP contribution in [0.5, 0.6) is 0 Å². The Morgan fingerprint density at radius 3 is 2.56 bits per heavy atom. The largest absolute Gasteiger partial charge is 0.418 e. The van der Waals surface area contributed by atoms with Gasteiger partial charge in [-0.15, -0.1) is 0 Å². The number of carbonyl (C=O) groups is 1. The van der Waals surface area contributed by atoms with Crippen LogP contribution in [0.4, 0.5) is 24.5 Å². The standard InChI is InChI=1S/C24H24F3N3O2/c1-15-18-5-3-4-6-21(18)28-16(2)19(15)14-23(31)29-22-8-7-17(13-20(22)24(25,26)27)30-9-11-32-12-10-30/h3-8,13H,9-12,14H2,1-2H3,(H,29,31). The third-order valence-electron chi connectivity index (χ3n) is 5.78. The number of morpholine rings is 1. The molecule has 1 saturated heterocycles. The number of halogens is 3. The fourth-order valence-corrected chi connectivity index (χ4v) is 4.08. The maximum Gasteiger partial charge on any atom is 0.418 e. The minimum atomic E-state index is -4.60. The van der Waals surface area contributed by atoms with E-state index in [0.29, 0.717) is 37.7 Å². The monoisotopic (exact) mass is 443 g/mol. The van der Waals surface area contributed by atoms with E-state index in [1.807, 2.05) is 36.1 Å². The summed E-state index contributed by atoms with van der Waals surface area (Å²) in [6.45, 7) is 5.70. The van der Waals surface area contributed by atoms with Gasteiger partial charge in [-0.3, -0.25) is 9.78 Å². The van der Waals surface area contributed by atoms with Gasteiger partial charge in [0.15, 0.2) is 0 Å². The number of hydrogen-bond donors (Lipinski definition) is 1. The average Bonchev–Trinajstić information content (AvgIpc) is 2.77. The molecule has 1 amide bonds. The van der Waals surface area contributed by atoms with Gasteiger partial charge in [0, 0.05) is 29.9 Å². The second-order valence-corrected chi connectivity index (χ2v) is 7.87. The summed E-state index contributed by atoms with van der Waals surface area (Å²) < 4.78 is 46.6. The first-order valence-electron chi connectivity index (χ1n) is 10.4. The van der Waals surface area contributed by atoms with E-state index in [-0.39, 0.29) is 12.1 Å². The van der Waals surface area contributed by atoms with E-state index >= 15 is 0 Å². The lowest BCUT2D eigenvalue weighted by Gasteiger charge is -2.29. The highest BCUT2D eigenvalue weighted by Gasteiger charge is 2.35. The zero-order valence-corrected chi connectivity index (χ0v) is 17.9. The molecule has 32 heavy (non-hydrogen) atoms. The number of rotatable bonds is 4. The number of nitrogens with zero attached hydrogens (tertiary/aromatic N) is 2. The Labute approximate surface area is 184 Å². The minimum Gasteiger partial charge on any atom is -0.378 e. The fourth-order valence-electron chi connectivity index (χ4n) is 4.08. The van der Waals surface area contributed by atoms with Gasteiger partial charge < -0.3 is 15.0 Å². The lowest BCUT2D eigenvalue weighted by atomic mass is 9.99. The van der Waals surface area contributed by atoms with Crippen LogP contribution in [0.1, 0.15) is 22.4 Å². The summed E-state index contributed by atoms with van der Waals surface area (Å²) >= 11 is 0. The molecule has 1 aliphatic heterocycles. The van der Waals surface area contributed by atoms with Gasteiger partial charge in [0.05, 0.1) is 36.4 Å².